The van der Waals surface area contributed by atoms with Gasteiger partial charge in [0.25, 0.3) is 0 Å². The average Bonchev–Trinajstić information content (AvgIpc) is 2.65. The van der Waals surface area contributed by atoms with Crippen molar-refractivity contribution < 1.29 is 0 Å². The van der Waals surface area contributed by atoms with E-state index in [9.17, 15) is 0 Å². The van der Waals surface area contributed by atoms with Gasteiger partial charge in [0.2, 0.25) is 0 Å². The molecule has 2 nitrogen and oxygen atoms in total. The molecule has 1 atom stereocenters. The molecule has 90 valence electrons. The van der Waals surface area contributed by atoms with Gasteiger partial charge >= 0.3 is 0 Å². The van der Waals surface area contributed by atoms with Crippen molar-refractivity contribution in [3.8, 4) is 0 Å². The summed E-state index contributed by atoms with van der Waals surface area (Å²) >= 11 is 5.67. The fraction of sp³-hybridized carbons (Fsp3) is 1.00. The normalized spacial score (nSPS) is 22.8. The van der Waals surface area contributed by atoms with Crippen LogP contribution in [0.2, 0.25) is 0 Å². The first kappa shape index (κ1) is 13.3. The molecular weight excluding hydrogens is 208 g/mol. The van der Waals surface area contributed by atoms with Crippen LogP contribution in [0, 0.1) is 0 Å². The maximum atomic E-state index is 5.67. The first-order chi connectivity index (χ1) is 7.27. The summed E-state index contributed by atoms with van der Waals surface area (Å²) in [6, 6.07) is 0.802. The number of alkyl halides is 1. The zero-order valence-corrected chi connectivity index (χ0v) is 11.0. The molecule has 0 amide bonds. The molecule has 15 heavy (non-hydrogen) atoms. The Morgan fingerprint density at radius 2 is 2.20 bits per heavy atom. The van der Waals surface area contributed by atoms with Crippen molar-refractivity contribution in [2.45, 2.75) is 38.6 Å². The molecule has 1 fully saturated rings. The second-order valence-electron chi connectivity index (χ2n) is 4.58. The molecule has 1 heterocycles. The van der Waals surface area contributed by atoms with Crippen LogP contribution in [0.3, 0.4) is 0 Å². The number of hydrogen-bond donors (Lipinski definition) is 0. The molecule has 0 aromatic rings. The molecule has 1 aliphatic rings. The number of rotatable bonds is 7. The largest absolute Gasteiger partial charge is 0.305 e. The SMILES string of the molecule is CCN1CCCC1CN(C)CCCCCl. The minimum atomic E-state index is 0.802. The van der Waals surface area contributed by atoms with Gasteiger partial charge in [-0.2, -0.15) is 0 Å². The van der Waals surface area contributed by atoms with Gasteiger partial charge in [-0.15, -0.1) is 11.6 Å². The molecule has 0 aliphatic carbocycles. The lowest BCUT2D eigenvalue weighted by atomic mass is 10.2. The fourth-order valence-electron chi connectivity index (χ4n) is 2.45. The summed E-state index contributed by atoms with van der Waals surface area (Å²) in [5.41, 5.74) is 0. The molecule has 1 aliphatic heterocycles. The highest BCUT2D eigenvalue weighted by atomic mass is 35.5. The fourth-order valence-corrected chi connectivity index (χ4v) is 2.63. The standard InChI is InChI=1S/C12H25ClN2/c1-3-15-10-6-7-12(15)11-14(2)9-5-4-8-13/h12H,3-11H2,1-2H3. The minimum Gasteiger partial charge on any atom is -0.305 e. The van der Waals surface area contributed by atoms with E-state index in [2.05, 4.69) is 23.8 Å². The lowest BCUT2D eigenvalue weighted by Gasteiger charge is -2.27. The lowest BCUT2D eigenvalue weighted by molar-refractivity contribution is 0.197. The molecular formula is C12H25ClN2. The summed E-state index contributed by atoms with van der Waals surface area (Å²) in [6.07, 6.45) is 5.15. The van der Waals surface area contributed by atoms with E-state index < -0.39 is 0 Å². The van der Waals surface area contributed by atoms with Crippen LogP contribution in [0.1, 0.15) is 32.6 Å². The van der Waals surface area contributed by atoms with Crippen molar-refractivity contribution in [1.82, 2.24) is 9.80 Å². The highest BCUT2D eigenvalue weighted by molar-refractivity contribution is 6.17. The summed E-state index contributed by atoms with van der Waals surface area (Å²) in [7, 11) is 2.24. The van der Waals surface area contributed by atoms with E-state index in [0.717, 1.165) is 18.3 Å². The number of halogens is 1. The molecule has 0 bridgehead atoms. The molecule has 0 radical (unpaired) electrons. The van der Waals surface area contributed by atoms with Crippen molar-refractivity contribution in [1.29, 1.82) is 0 Å². The summed E-state index contributed by atoms with van der Waals surface area (Å²) in [5.74, 6) is 0.804. The number of unbranched alkanes of at least 4 members (excludes halogenated alkanes) is 1. The molecule has 0 N–H and O–H groups in total. The average molecular weight is 233 g/mol. The second-order valence-corrected chi connectivity index (χ2v) is 4.96. The van der Waals surface area contributed by atoms with Gasteiger partial charge in [0.1, 0.15) is 0 Å². The van der Waals surface area contributed by atoms with Gasteiger partial charge in [-0.1, -0.05) is 6.92 Å². The quantitative estimate of drug-likeness (QED) is 0.492. The third-order valence-corrected chi connectivity index (χ3v) is 3.62. The van der Waals surface area contributed by atoms with Gasteiger partial charge < -0.3 is 4.90 Å². The number of hydrogen-bond acceptors (Lipinski definition) is 2. The number of nitrogens with zero attached hydrogens (tertiary/aromatic N) is 2. The van der Waals surface area contributed by atoms with Crippen molar-refractivity contribution in [2.75, 3.05) is 39.1 Å². The Balaban J connectivity index is 2.15. The number of likely N-dealkylation sites (N-methyl/N-ethyl adjacent to an activating group) is 2. The van der Waals surface area contributed by atoms with E-state index in [0.29, 0.717) is 0 Å². The van der Waals surface area contributed by atoms with Crippen molar-refractivity contribution in [3.63, 3.8) is 0 Å². The van der Waals surface area contributed by atoms with Crippen LogP contribution in [0.4, 0.5) is 0 Å². The summed E-state index contributed by atoms with van der Waals surface area (Å²) < 4.78 is 0. The Kier molecular flexibility index (Phi) is 6.62. The topological polar surface area (TPSA) is 6.48 Å². The summed E-state index contributed by atoms with van der Waals surface area (Å²) in [5, 5.41) is 0. The Hall–Kier alpha value is 0.210. The van der Waals surface area contributed by atoms with Gasteiger partial charge in [0.05, 0.1) is 0 Å². The second kappa shape index (κ2) is 7.48. The molecule has 3 heteroatoms. The Morgan fingerprint density at radius 1 is 1.40 bits per heavy atom. The highest BCUT2D eigenvalue weighted by Crippen LogP contribution is 2.17. The first-order valence-corrected chi connectivity index (χ1v) is 6.80. The third-order valence-electron chi connectivity index (χ3n) is 3.35. The molecule has 0 saturated carbocycles. The Labute approximate surface area is 99.6 Å². The monoisotopic (exact) mass is 232 g/mol. The predicted octanol–water partition coefficient (Wildman–Crippen LogP) is 2.42. The van der Waals surface area contributed by atoms with Crippen LogP contribution < -0.4 is 0 Å². The van der Waals surface area contributed by atoms with E-state index in [1.54, 1.807) is 0 Å². The van der Waals surface area contributed by atoms with Crippen LogP contribution in [-0.4, -0.2) is 54.9 Å². The van der Waals surface area contributed by atoms with Crippen LogP contribution in [0.5, 0.6) is 0 Å². The van der Waals surface area contributed by atoms with E-state index in [1.165, 1.54) is 45.4 Å². The maximum absolute atomic E-state index is 5.67. The van der Waals surface area contributed by atoms with Crippen LogP contribution in [0.15, 0.2) is 0 Å². The summed E-state index contributed by atoms with van der Waals surface area (Å²) in [6.45, 7) is 7.21. The molecule has 0 spiro atoms. The van der Waals surface area contributed by atoms with Gasteiger partial charge in [0.15, 0.2) is 0 Å². The van der Waals surface area contributed by atoms with E-state index in [1.807, 2.05) is 0 Å². The predicted molar refractivity (Wildman–Crippen MR) is 67.7 cm³/mol. The van der Waals surface area contributed by atoms with Crippen molar-refractivity contribution in [3.05, 3.63) is 0 Å². The minimum absolute atomic E-state index is 0.802. The van der Waals surface area contributed by atoms with E-state index in [4.69, 9.17) is 11.6 Å². The van der Waals surface area contributed by atoms with Gasteiger partial charge in [-0.05, 0) is 52.4 Å². The maximum Gasteiger partial charge on any atom is 0.0223 e. The number of likely N-dealkylation sites (tertiary alicyclic amines) is 1. The van der Waals surface area contributed by atoms with Gasteiger partial charge in [0, 0.05) is 18.5 Å². The molecule has 1 rings (SSSR count). The van der Waals surface area contributed by atoms with Crippen LogP contribution in [0.25, 0.3) is 0 Å². The van der Waals surface area contributed by atoms with E-state index in [-0.39, 0.29) is 0 Å². The van der Waals surface area contributed by atoms with Crippen LogP contribution in [-0.2, 0) is 0 Å². The van der Waals surface area contributed by atoms with Gasteiger partial charge in [-0.3, -0.25) is 4.90 Å². The zero-order chi connectivity index (χ0) is 11.1. The smallest absolute Gasteiger partial charge is 0.0223 e. The van der Waals surface area contributed by atoms with Gasteiger partial charge in [-0.25, -0.2) is 0 Å². The third kappa shape index (κ3) is 4.71. The van der Waals surface area contributed by atoms with Crippen LogP contribution >= 0.6 is 11.6 Å². The zero-order valence-electron chi connectivity index (χ0n) is 10.2. The molecule has 0 aromatic heterocycles. The Morgan fingerprint density at radius 3 is 2.87 bits per heavy atom. The van der Waals surface area contributed by atoms with Crippen molar-refractivity contribution in [2.24, 2.45) is 0 Å². The first-order valence-electron chi connectivity index (χ1n) is 6.26. The highest BCUT2D eigenvalue weighted by Gasteiger charge is 2.23. The Bertz CT molecular complexity index is 164. The molecule has 1 unspecified atom stereocenters. The van der Waals surface area contributed by atoms with E-state index >= 15 is 0 Å². The summed E-state index contributed by atoms with van der Waals surface area (Å²) in [4.78, 5) is 5.07. The lowest BCUT2D eigenvalue weighted by Crippen LogP contribution is -2.39. The van der Waals surface area contributed by atoms with Crippen molar-refractivity contribution >= 4 is 11.6 Å². The molecule has 1 saturated heterocycles. The molecule has 0 aromatic carbocycles.